The Bertz CT molecular complexity index is 376. The Labute approximate surface area is 115 Å². The van der Waals surface area contributed by atoms with E-state index in [2.05, 4.69) is 38.1 Å². The minimum absolute atomic E-state index is 0.0254. The van der Waals surface area contributed by atoms with Gasteiger partial charge < -0.3 is 10.1 Å². The first-order valence-electron chi connectivity index (χ1n) is 6.56. The third kappa shape index (κ3) is 3.25. The summed E-state index contributed by atoms with van der Waals surface area (Å²) in [7, 11) is 0. The second-order valence-electron chi connectivity index (χ2n) is 4.72. The molecule has 1 aromatic rings. The Morgan fingerprint density at radius 3 is 2.61 bits per heavy atom. The van der Waals surface area contributed by atoms with Gasteiger partial charge in [0.05, 0.1) is 28.6 Å². The highest BCUT2D eigenvalue weighted by Gasteiger charge is 2.34. The van der Waals surface area contributed by atoms with E-state index in [0.29, 0.717) is 11.6 Å². The van der Waals surface area contributed by atoms with Gasteiger partial charge in [-0.15, -0.1) is 0 Å². The van der Waals surface area contributed by atoms with Gasteiger partial charge in [0, 0.05) is 13.2 Å². The molecule has 0 saturated carbocycles. The molecule has 1 unspecified atom stereocenters. The van der Waals surface area contributed by atoms with Gasteiger partial charge in [0.2, 0.25) is 0 Å². The fourth-order valence-corrected chi connectivity index (χ4v) is 2.49. The van der Waals surface area contributed by atoms with Crippen LogP contribution in [0.1, 0.15) is 46.4 Å². The van der Waals surface area contributed by atoms with Crippen LogP contribution in [0.3, 0.4) is 0 Å². The Hall–Kier alpha value is -0.580. The van der Waals surface area contributed by atoms with E-state index in [1.165, 1.54) is 0 Å². The first kappa shape index (κ1) is 15.5. The van der Waals surface area contributed by atoms with E-state index < -0.39 is 0 Å². The van der Waals surface area contributed by atoms with Gasteiger partial charge in [-0.25, -0.2) is 0 Å². The van der Waals surface area contributed by atoms with Crippen molar-refractivity contribution in [2.45, 2.75) is 52.8 Å². The number of nitrogens with zero attached hydrogens (tertiary/aromatic N) is 2. The molecular formula is C13H24ClN3O. The molecule has 18 heavy (non-hydrogen) atoms. The highest BCUT2D eigenvalue weighted by molar-refractivity contribution is 6.31. The molecule has 0 aliphatic carbocycles. The maximum absolute atomic E-state index is 6.28. The zero-order valence-electron chi connectivity index (χ0n) is 12.0. The normalized spacial score (nSPS) is 13.9. The molecule has 1 rings (SSSR count). The van der Waals surface area contributed by atoms with Crippen LogP contribution in [0.4, 0.5) is 0 Å². The van der Waals surface area contributed by atoms with Crippen LogP contribution in [-0.4, -0.2) is 28.5 Å². The van der Waals surface area contributed by atoms with E-state index in [-0.39, 0.29) is 11.6 Å². The Kier molecular flexibility index (Phi) is 5.63. The molecule has 0 spiro atoms. The number of likely N-dealkylation sites (N-methyl/N-ethyl adjacent to an activating group) is 1. The van der Waals surface area contributed by atoms with Crippen molar-refractivity contribution >= 4 is 11.6 Å². The zero-order chi connectivity index (χ0) is 13.8. The number of aromatic nitrogens is 2. The monoisotopic (exact) mass is 273 g/mol. The maximum atomic E-state index is 6.28. The lowest BCUT2D eigenvalue weighted by Crippen LogP contribution is -2.42. The topological polar surface area (TPSA) is 39.1 Å². The van der Waals surface area contributed by atoms with Gasteiger partial charge in [-0.2, -0.15) is 5.10 Å². The van der Waals surface area contributed by atoms with Crippen molar-refractivity contribution < 1.29 is 4.74 Å². The zero-order valence-corrected chi connectivity index (χ0v) is 12.7. The molecule has 0 bridgehead atoms. The summed E-state index contributed by atoms with van der Waals surface area (Å²) in [6.07, 6.45) is 1.70. The summed E-state index contributed by atoms with van der Waals surface area (Å²) in [6, 6.07) is 0.0254. The number of hydrogen-bond donors (Lipinski definition) is 1. The average molecular weight is 274 g/mol. The molecular weight excluding hydrogens is 250 g/mol. The van der Waals surface area contributed by atoms with Crippen LogP contribution in [0.25, 0.3) is 0 Å². The Morgan fingerprint density at radius 1 is 1.44 bits per heavy atom. The van der Waals surface area contributed by atoms with Gasteiger partial charge in [-0.1, -0.05) is 18.5 Å². The Balaban J connectivity index is 3.14. The van der Waals surface area contributed by atoms with E-state index in [1.807, 2.05) is 11.6 Å². The highest BCUT2D eigenvalue weighted by Crippen LogP contribution is 2.33. The SMILES string of the molecule is CCNC(c1c(Cl)cnn1CC)C(C)(C)OCC. The van der Waals surface area contributed by atoms with Crippen LogP contribution >= 0.6 is 11.6 Å². The van der Waals surface area contributed by atoms with Crippen molar-refractivity contribution in [3.8, 4) is 0 Å². The first-order valence-corrected chi connectivity index (χ1v) is 6.94. The van der Waals surface area contributed by atoms with Gasteiger partial charge >= 0.3 is 0 Å². The fraction of sp³-hybridized carbons (Fsp3) is 0.769. The molecule has 1 heterocycles. The highest BCUT2D eigenvalue weighted by atomic mass is 35.5. The second-order valence-corrected chi connectivity index (χ2v) is 5.13. The molecule has 1 atom stereocenters. The molecule has 0 saturated heterocycles. The predicted molar refractivity (Wildman–Crippen MR) is 75.0 cm³/mol. The number of aryl methyl sites for hydroxylation is 1. The summed E-state index contributed by atoms with van der Waals surface area (Å²) >= 11 is 6.28. The van der Waals surface area contributed by atoms with Gasteiger partial charge in [-0.05, 0) is 34.2 Å². The average Bonchev–Trinajstić information content (AvgIpc) is 2.67. The van der Waals surface area contributed by atoms with Gasteiger partial charge in [-0.3, -0.25) is 4.68 Å². The summed E-state index contributed by atoms with van der Waals surface area (Å²) in [6.45, 7) is 12.6. The summed E-state index contributed by atoms with van der Waals surface area (Å²) in [4.78, 5) is 0. The molecule has 0 aliphatic heterocycles. The quantitative estimate of drug-likeness (QED) is 0.830. The molecule has 0 radical (unpaired) electrons. The minimum Gasteiger partial charge on any atom is -0.374 e. The van der Waals surface area contributed by atoms with Crippen LogP contribution < -0.4 is 5.32 Å². The lowest BCUT2D eigenvalue weighted by atomic mass is 9.95. The van der Waals surface area contributed by atoms with E-state index >= 15 is 0 Å². The van der Waals surface area contributed by atoms with Crippen molar-refractivity contribution in [1.29, 1.82) is 0 Å². The Morgan fingerprint density at radius 2 is 2.11 bits per heavy atom. The van der Waals surface area contributed by atoms with Crippen LogP contribution in [0, 0.1) is 0 Å². The van der Waals surface area contributed by atoms with Crippen LogP contribution in [0.5, 0.6) is 0 Å². The van der Waals surface area contributed by atoms with Gasteiger partial charge in [0.15, 0.2) is 0 Å². The van der Waals surface area contributed by atoms with Crippen LogP contribution in [-0.2, 0) is 11.3 Å². The fourth-order valence-electron chi connectivity index (χ4n) is 2.24. The molecule has 4 nitrogen and oxygen atoms in total. The molecule has 0 amide bonds. The number of hydrogen-bond acceptors (Lipinski definition) is 3. The third-order valence-electron chi connectivity index (χ3n) is 3.03. The smallest absolute Gasteiger partial charge is 0.0836 e. The molecule has 1 aromatic heterocycles. The predicted octanol–water partition coefficient (Wildman–Crippen LogP) is 3.02. The molecule has 0 aliphatic rings. The molecule has 0 aromatic carbocycles. The number of nitrogens with one attached hydrogen (secondary N) is 1. The first-order chi connectivity index (χ1) is 8.47. The summed E-state index contributed by atoms with van der Waals surface area (Å²) < 4.78 is 7.79. The molecule has 104 valence electrons. The second kappa shape index (κ2) is 6.55. The number of halogens is 1. The van der Waals surface area contributed by atoms with E-state index in [0.717, 1.165) is 18.8 Å². The lowest BCUT2D eigenvalue weighted by Gasteiger charge is -2.35. The lowest BCUT2D eigenvalue weighted by molar-refractivity contribution is -0.0408. The molecule has 0 fully saturated rings. The molecule has 1 N–H and O–H groups in total. The standard InChI is InChI=1S/C13H24ClN3O/c1-6-15-12(13(4,5)18-8-3)11-10(14)9-16-17(11)7-2/h9,12,15H,6-8H2,1-5H3. The van der Waals surface area contributed by atoms with Crippen LogP contribution in [0.2, 0.25) is 5.02 Å². The largest absolute Gasteiger partial charge is 0.374 e. The van der Waals surface area contributed by atoms with Gasteiger partial charge in [0.25, 0.3) is 0 Å². The summed E-state index contributed by atoms with van der Waals surface area (Å²) in [5, 5.41) is 8.45. The minimum atomic E-state index is -0.332. The maximum Gasteiger partial charge on any atom is 0.0836 e. The third-order valence-corrected chi connectivity index (χ3v) is 3.32. The summed E-state index contributed by atoms with van der Waals surface area (Å²) in [5.41, 5.74) is 0.668. The van der Waals surface area contributed by atoms with Crippen molar-refractivity contribution in [2.75, 3.05) is 13.2 Å². The van der Waals surface area contributed by atoms with E-state index in [1.54, 1.807) is 6.20 Å². The van der Waals surface area contributed by atoms with Crippen LogP contribution in [0.15, 0.2) is 6.20 Å². The van der Waals surface area contributed by atoms with Crippen molar-refractivity contribution in [1.82, 2.24) is 15.1 Å². The van der Waals surface area contributed by atoms with E-state index in [4.69, 9.17) is 16.3 Å². The van der Waals surface area contributed by atoms with Gasteiger partial charge in [0.1, 0.15) is 0 Å². The van der Waals surface area contributed by atoms with Crippen molar-refractivity contribution in [3.05, 3.63) is 16.9 Å². The van der Waals surface area contributed by atoms with Crippen molar-refractivity contribution in [2.24, 2.45) is 0 Å². The van der Waals surface area contributed by atoms with Crippen molar-refractivity contribution in [3.63, 3.8) is 0 Å². The number of ether oxygens (including phenoxy) is 1. The van der Waals surface area contributed by atoms with E-state index in [9.17, 15) is 0 Å². The molecule has 5 heteroatoms. The number of rotatable bonds is 7. The summed E-state index contributed by atoms with van der Waals surface area (Å²) in [5.74, 6) is 0.